The van der Waals surface area contributed by atoms with E-state index in [0.717, 1.165) is 36.4 Å². The summed E-state index contributed by atoms with van der Waals surface area (Å²) in [5.41, 5.74) is 3.26. The average Bonchev–Trinajstić information content (AvgIpc) is 3.18. The Kier molecular flexibility index (Phi) is 4.10. The van der Waals surface area contributed by atoms with Crippen molar-refractivity contribution in [2.45, 2.75) is 45.6 Å². The normalized spacial score (nSPS) is 18.4. The Morgan fingerprint density at radius 2 is 2.38 bits per heavy atom. The van der Waals surface area contributed by atoms with Crippen molar-refractivity contribution in [1.29, 1.82) is 0 Å². The summed E-state index contributed by atoms with van der Waals surface area (Å²) in [5, 5.41) is 8.19. The topological polar surface area (TPSA) is 46.3 Å². The molecule has 0 saturated carbocycles. The van der Waals surface area contributed by atoms with E-state index in [1.54, 1.807) is 11.3 Å². The lowest BCUT2D eigenvalue weighted by Crippen LogP contribution is -2.30. The Bertz CT molecular complexity index is 599. The number of carbonyl (C=O) groups is 1. The van der Waals surface area contributed by atoms with Crippen molar-refractivity contribution in [3.63, 3.8) is 0 Å². The minimum atomic E-state index is 0.240. The predicted octanol–water partition coefficient (Wildman–Crippen LogP) is 3.65. The van der Waals surface area contributed by atoms with E-state index in [9.17, 15) is 4.79 Å². The van der Waals surface area contributed by atoms with Crippen molar-refractivity contribution >= 4 is 17.2 Å². The second kappa shape index (κ2) is 6.02. The van der Waals surface area contributed by atoms with E-state index in [4.69, 9.17) is 4.52 Å². The highest BCUT2D eigenvalue weighted by Gasteiger charge is 2.30. The van der Waals surface area contributed by atoms with Gasteiger partial charge in [0.15, 0.2) is 0 Å². The van der Waals surface area contributed by atoms with Gasteiger partial charge in [0.2, 0.25) is 5.91 Å². The summed E-state index contributed by atoms with van der Waals surface area (Å²) >= 11 is 1.70. The van der Waals surface area contributed by atoms with Gasteiger partial charge >= 0.3 is 0 Å². The maximum Gasteiger partial charge on any atom is 0.223 e. The zero-order valence-corrected chi connectivity index (χ0v) is 13.3. The minimum Gasteiger partial charge on any atom is -0.361 e. The molecule has 0 spiro atoms. The third kappa shape index (κ3) is 2.88. The molecule has 21 heavy (non-hydrogen) atoms. The SMILES string of the molecule is Cc1noc(C)c1CCC(=O)N1CCC[C@H]1c1ccsc1. The first-order chi connectivity index (χ1) is 10.2. The van der Waals surface area contributed by atoms with Crippen molar-refractivity contribution in [2.24, 2.45) is 0 Å². The molecular formula is C16H20N2O2S. The lowest BCUT2D eigenvalue weighted by Gasteiger charge is -2.24. The zero-order chi connectivity index (χ0) is 14.8. The van der Waals surface area contributed by atoms with Crippen LogP contribution in [0, 0.1) is 13.8 Å². The lowest BCUT2D eigenvalue weighted by atomic mass is 10.1. The Labute approximate surface area is 128 Å². The smallest absolute Gasteiger partial charge is 0.223 e. The summed E-state index contributed by atoms with van der Waals surface area (Å²) in [5.74, 6) is 1.07. The highest BCUT2D eigenvalue weighted by Crippen LogP contribution is 2.33. The van der Waals surface area contributed by atoms with Crippen LogP contribution >= 0.6 is 11.3 Å². The van der Waals surface area contributed by atoms with Crippen LogP contribution in [-0.4, -0.2) is 22.5 Å². The number of rotatable bonds is 4. The van der Waals surface area contributed by atoms with Crippen molar-refractivity contribution in [3.8, 4) is 0 Å². The van der Waals surface area contributed by atoms with Gasteiger partial charge in [-0.1, -0.05) is 5.16 Å². The zero-order valence-electron chi connectivity index (χ0n) is 12.5. The Hall–Kier alpha value is -1.62. The number of aromatic nitrogens is 1. The van der Waals surface area contributed by atoms with Crippen LogP contribution in [0.1, 0.15) is 47.9 Å². The first-order valence-corrected chi connectivity index (χ1v) is 8.34. The van der Waals surface area contributed by atoms with Crippen LogP contribution in [0.2, 0.25) is 0 Å². The van der Waals surface area contributed by atoms with Gasteiger partial charge < -0.3 is 9.42 Å². The Morgan fingerprint density at radius 3 is 3.05 bits per heavy atom. The number of nitrogens with zero attached hydrogens (tertiary/aromatic N) is 2. The second-order valence-corrected chi connectivity index (χ2v) is 6.38. The van der Waals surface area contributed by atoms with Crippen LogP contribution in [0.5, 0.6) is 0 Å². The molecule has 4 nitrogen and oxygen atoms in total. The number of amides is 1. The summed E-state index contributed by atoms with van der Waals surface area (Å²) in [4.78, 5) is 14.6. The van der Waals surface area contributed by atoms with Gasteiger partial charge in [0.25, 0.3) is 0 Å². The van der Waals surface area contributed by atoms with Gasteiger partial charge in [-0.05, 0) is 55.5 Å². The minimum absolute atomic E-state index is 0.240. The van der Waals surface area contributed by atoms with E-state index < -0.39 is 0 Å². The first-order valence-electron chi connectivity index (χ1n) is 7.40. The summed E-state index contributed by atoms with van der Waals surface area (Å²) in [7, 11) is 0. The van der Waals surface area contributed by atoms with E-state index in [1.165, 1.54) is 5.56 Å². The van der Waals surface area contributed by atoms with Crippen molar-refractivity contribution < 1.29 is 9.32 Å². The van der Waals surface area contributed by atoms with Crippen LogP contribution in [0.25, 0.3) is 0 Å². The Morgan fingerprint density at radius 1 is 1.52 bits per heavy atom. The first kappa shape index (κ1) is 14.3. The largest absolute Gasteiger partial charge is 0.361 e. The van der Waals surface area contributed by atoms with E-state index in [-0.39, 0.29) is 11.9 Å². The van der Waals surface area contributed by atoms with Gasteiger partial charge in [0, 0.05) is 18.5 Å². The van der Waals surface area contributed by atoms with E-state index >= 15 is 0 Å². The molecule has 1 saturated heterocycles. The highest BCUT2D eigenvalue weighted by molar-refractivity contribution is 7.07. The fourth-order valence-electron chi connectivity index (χ4n) is 3.11. The molecule has 1 fully saturated rings. The van der Waals surface area contributed by atoms with Crippen molar-refractivity contribution in [1.82, 2.24) is 10.1 Å². The van der Waals surface area contributed by atoms with E-state index in [1.807, 2.05) is 18.7 Å². The molecular weight excluding hydrogens is 284 g/mol. The molecule has 0 unspecified atom stereocenters. The number of likely N-dealkylation sites (tertiary alicyclic amines) is 1. The summed E-state index contributed by atoms with van der Waals surface area (Å²) in [6, 6.07) is 2.41. The van der Waals surface area contributed by atoms with E-state index in [2.05, 4.69) is 22.0 Å². The molecule has 0 aromatic carbocycles. The van der Waals surface area contributed by atoms with Gasteiger partial charge in [-0.15, -0.1) is 0 Å². The molecule has 2 aromatic heterocycles. The third-order valence-corrected chi connectivity index (χ3v) is 4.97. The second-order valence-electron chi connectivity index (χ2n) is 5.60. The summed E-state index contributed by atoms with van der Waals surface area (Å²) < 4.78 is 5.16. The van der Waals surface area contributed by atoms with Gasteiger partial charge in [0.05, 0.1) is 11.7 Å². The van der Waals surface area contributed by atoms with E-state index in [0.29, 0.717) is 12.8 Å². The number of aryl methyl sites for hydroxylation is 2. The fourth-order valence-corrected chi connectivity index (χ4v) is 3.82. The molecule has 3 rings (SSSR count). The number of hydrogen-bond donors (Lipinski definition) is 0. The fraction of sp³-hybridized carbons (Fsp3) is 0.500. The monoisotopic (exact) mass is 304 g/mol. The molecule has 3 heterocycles. The molecule has 1 atom stereocenters. The maximum atomic E-state index is 12.5. The van der Waals surface area contributed by atoms with Crippen LogP contribution in [0.15, 0.2) is 21.3 Å². The van der Waals surface area contributed by atoms with Crippen LogP contribution in [0.3, 0.4) is 0 Å². The number of hydrogen-bond acceptors (Lipinski definition) is 4. The molecule has 2 aromatic rings. The summed E-state index contributed by atoms with van der Waals surface area (Å²) in [6.07, 6.45) is 3.42. The molecule has 0 bridgehead atoms. The van der Waals surface area contributed by atoms with Gasteiger partial charge in [-0.3, -0.25) is 4.79 Å². The Balaban J connectivity index is 1.65. The standard InChI is InChI=1S/C16H20N2O2S/c1-11-14(12(2)20-17-11)5-6-16(19)18-8-3-4-15(18)13-7-9-21-10-13/h7,9-10,15H,3-6,8H2,1-2H3/t15-/m0/s1. The van der Waals surface area contributed by atoms with Gasteiger partial charge in [-0.25, -0.2) is 0 Å². The molecule has 5 heteroatoms. The highest BCUT2D eigenvalue weighted by atomic mass is 32.1. The molecule has 112 valence electrons. The van der Waals surface area contributed by atoms with Crippen LogP contribution in [0.4, 0.5) is 0 Å². The average molecular weight is 304 g/mol. The van der Waals surface area contributed by atoms with Crippen molar-refractivity contribution in [2.75, 3.05) is 6.54 Å². The van der Waals surface area contributed by atoms with Gasteiger partial charge in [-0.2, -0.15) is 11.3 Å². The predicted molar refractivity (Wildman–Crippen MR) is 82.3 cm³/mol. The summed E-state index contributed by atoms with van der Waals surface area (Å²) in [6.45, 7) is 4.71. The van der Waals surface area contributed by atoms with Crippen LogP contribution < -0.4 is 0 Å². The number of thiophene rings is 1. The maximum absolute atomic E-state index is 12.5. The third-order valence-electron chi connectivity index (χ3n) is 4.27. The van der Waals surface area contributed by atoms with Crippen LogP contribution in [-0.2, 0) is 11.2 Å². The molecule has 1 aliphatic heterocycles. The lowest BCUT2D eigenvalue weighted by molar-refractivity contribution is -0.132. The van der Waals surface area contributed by atoms with Gasteiger partial charge in [0.1, 0.15) is 5.76 Å². The van der Waals surface area contributed by atoms with Crippen molar-refractivity contribution in [3.05, 3.63) is 39.4 Å². The molecule has 0 N–H and O–H groups in total. The molecule has 1 amide bonds. The quantitative estimate of drug-likeness (QED) is 0.866. The molecule has 0 radical (unpaired) electrons. The number of carbonyl (C=O) groups excluding carboxylic acids is 1. The molecule has 1 aliphatic rings. The molecule has 0 aliphatic carbocycles.